The van der Waals surface area contributed by atoms with E-state index >= 15 is 0 Å². The molecule has 2 aromatic rings. The van der Waals surface area contributed by atoms with Gasteiger partial charge in [0.2, 0.25) is 5.91 Å². The Balaban J connectivity index is 1.62. The number of likely N-dealkylation sites (tertiary alicyclic amines) is 1. The Morgan fingerprint density at radius 2 is 1.88 bits per heavy atom. The summed E-state index contributed by atoms with van der Waals surface area (Å²) in [5, 5.41) is 2.43. The molecule has 136 valence electrons. The number of nitrogens with zero attached hydrogens (tertiary/aromatic N) is 2. The Kier molecular flexibility index (Phi) is 5.96. The Morgan fingerprint density at radius 1 is 1.15 bits per heavy atom. The standard InChI is InChI=1S/C20H23N3O3/c1-15-9-10-16(14-21-15)20(25)22-18(24)13-19(23-11-5-6-12-23)26-17-7-3-2-4-8-17/h2-4,7-10,14,19H,5-6,11-13H2,1H3,(H,22,24,25). The summed E-state index contributed by atoms with van der Waals surface area (Å²) in [5.74, 6) is -0.0861. The summed E-state index contributed by atoms with van der Waals surface area (Å²) in [6, 6.07) is 12.8. The first-order valence-corrected chi connectivity index (χ1v) is 8.84. The molecular weight excluding hydrogens is 330 g/mol. The molecule has 1 aromatic heterocycles. The Bertz CT molecular complexity index is 741. The lowest BCUT2D eigenvalue weighted by Crippen LogP contribution is -2.42. The average molecular weight is 353 g/mol. The van der Waals surface area contributed by atoms with Gasteiger partial charge in [0.1, 0.15) is 5.75 Å². The number of hydrogen-bond donors (Lipinski definition) is 1. The molecule has 0 aliphatic carbocycles. The summed E-state index contributed by atoms with van der Waals surface area (Å²) < 4.78 is 6.01. The van der Waals surface area contributed by atoms with Crippen LogP contribution in [0.4, 0.5) is 0 Å². The van der Waals surface area contributed by atoms with Gasteiger partial charge in [-0.05, 0) is 44.0 Å². The second-order valence-corrected chi connectivity index (χ2v) is 6.40. The van der Waals surface area contributed by atoms with Gasteiger partial charge < -0.3 is 4.74 Å². The number of hydrogen-bond acceptors (Lipinski definition) is 5. The predicted octanol–water partition coefficient (Wildman–Crippen LogP) is 2.54. The number of amides is 2. The number of carbonyl (C=O) groups excluding carboxylic acids is 2. The second kappa shape index (κ2) is 8.58. The number of aromatic nitrogens is 1. The maximum Gasteiger partial charge on any atom is 0.259 e. The van der Waals surface area contributed by atoms with Crippen molar-refractivity contribution >= 4 is 11.8 Å². The minimum absolute atomic E-state index is 0.0971. The number of nitrogens with one attached hydrogen (secondary N) is 1. The molecule has 1 N–H and O–H groups in total. The molecule has 26 heavy (non-hydrogen) atoms. The molecule has 0 bridgehead atoms. The maximum atomic E-state index is 12.4. The van der Waals surface area contributed by atoms with E-state index in [4.69, 9.17) is 4.74 Å². The van der Waals surface area contributed by atoms with Crippen LogP contribution in [0, 0.1) is 6.92 Å². The molecule has 6 nitrogen and oxygen atoms in total. The van der Waals surface area contributed by atoms with Crippen LogP contribution < -0.4 is 10.1 Å². The number of imide groups is 1. The first kappa shape index (κ1) is 18.1. The van der Waals surface area contributed by atoms with E-state index in [1.54, 1.807) is 12.1 Å². The fourth-order valence-corrected chi connectivity index (χ4v) is 2.94. The molecule has 6 heteroatoms. The van der Waals surface area contributed by atoms with E-state index in [1.165, 1.54) is 6.20 Å². The van der Waals surface area contributed by atoms with Crippen LogP contribution in [0.15, 0.2) is 48.7 Å². The number of carbonyl (C=O) groups is 2. The molecule has 1 fully saturated rings. The van der Waals surface area contributed by atoms with E-state index in [9.17, 15) is 9.59 Å². The third-order valence-electron chi connectivity index (χ3n) is 4.35. The van der Waals surface area contributed by atoms with Crippen molar-refractivity contribution in [3.05, 3.63) is 59.9 Å². The van der Waals surface area contributed by atoms with Gasteiger partial charge in [-0.1, -0.05) is 18.2 Å². The lowest BCUT2D eigenvalue weighted by molar-refractivity contribution is -0.124. The van der Waals surface area contributed by atoms with Crippen molar-refractivity contribution in [1.29, 1.82) is 0 Å². The van der Waals surface area contributed by atoms with Crippen molar-refractivity contribution < 1.29 is 14.3 Å². The zero-order valence-electron chi connectivity index (χ0n) is 14.9. The minimum atomic E-state index is -0.442. The fraction of sp³-hybridized carbons (Fsp3) is 0.350. The number of rotatable bonds is 6. The highest BCUT2D eigenvalue weighted by Crippen LogP contribution is 2.19. The monoisotopic (exact) mass is 353 g/mol. The SMILES string of the molecule is Cc1ccc(C(=O)NC(=O)CC(Oc2ccccc2)N2CCCC2)cn1. The molecule has 2 amide bonds. The van der Waals surface area contributed by atoms with Gasteiger partial charge in [-0.2, -0.15) is 0 Å². The summed E-state index contributed by atoms with van der Waals surface area (Å²) in [6.07, 6.45) is 3.36. The molecule has 1 aromatic carbocycles. The van der Waals surface area contributed by atoms with Gasteiger partial charge >= 0.3 is 0 Å². The van der Waals surface area contributed by atoms with Crippen molar-refractivity contribution in [2.75, 3.05) is 13.1 Å². The average Bonchev–Trinajstić information content (AvgIpc) is 3.17. The van der Waals surface area contributed by atoms with Gasteiger partial charge in [0.15, 0.2) is 6.23 Å². The molecule has 1 unspecified atom stereocenters. The summed E-state index contributed by atoms with van der Waals surface area (Å²) in [7, 11) is 0. The van der Waals surface area contributed by atoms with Crippen LogP contribution in [-0.2, 0) is 4.79 Å². The highest BCUT2D eigenvalue weighted by Gasteiger charge is 2.26. The first-order valence-electron chi connectivity index (χ1n) is 8.84. The fourth-order valence-electron chi connectivity index (χ4n) is 2.94. The molecule has 0 saturated carbocycles. The highest BCUT2D eigenvalue weighted by molar-refractivity contribution is 6.04. The van der Waals surface area contributed by atoms with Crippen molar-refractivity contribution in [3.8, 4) is 5.75 Å². The van der Waals surface area contributed by atoms with Crippen LogP contribution in [-0.4, -0.2) is 41.0 Å². The summed E-state index contributed by atoms with van der Waals surface area (Å²) in [6.45, 7) is 3.62. The smallest absolute Gasteiger partial charge is 0.259 e. The van der Waals surface area contributed by atoms with Crippen molar-refractivity contribution in [2.24, 2.45) is 0 Å². The third-order valence-corrected chi connectivity index (χ3v) is 4.35. The van der Waals surface area contributed by atoms with Gasteiger partial charge in [-0.15, -0.1) is 0 Å². The molecule has 1 aliphatic heterocycles. The maximum absolute atomic E-state index is 12.4. The summed E-state index contributed by atoms with van der Waals surface area (Å²) >= 11 is 0. The lowest BCUT2D eigenvalue weighted by Gasteiger charge is -2.27. The molecule has 0 radical (unpaired) electrons. The van der Waals surface area contributed by atoms with Crippen LogP contribution in [0.25, 0.3) is 0 Å². The van der Waals surface area contributed by atoms with Crippen molar-refractivity contribution in [1.82, 2.24) is 15.2 Å². The number of pyridine rings is 1. The second-order valence-electron chi connectivity index (χ2n) is 6.40. The zero-order valence-corrected chi connectivity index (χ0v) is 14.9. The quantitative estimate of drug-likeness (QED) is 0.864. The molecule has 1 saturated heterocycles. The van der Waals surface area contributed by atoms with Gasteiger partial charge in [0.25, 0.3) is 5.91 Å². The van der Waals surface area contributed by atoms with E-state index in [2.05, 4.69) is 15.2 Å². The predicted molar refractivity (Wildman–Crippen MR) is 97.7 cm³/mol. The van der Waals surface area contributed by atoms with Crippen molar-refractivity contribution in [3.63, 3.8) is 0 Å². The van der Waals surface area contributed by atoms with Gasteiger partial charge in [-0.3, -0.25) is 24.8 Å². The normalized spacial score (nSPS) is 15.4. The number of para-hydroxylation sites is 1. The third kappa shape index (κ3) is 4.89. The number of ether oxygens (including phenoxy) is 1. The molecule has 2 heterocycles. The zero-order chi connectivity index (χ0) is 18.4. The van der Waals surface area contributed by atoms with Crippen LogP contribution >= 0.6 is 0 Å². The van der Waals surface area contributed by atoms with E-state index in [0.717, 1.165) is 31.6 Å². The first-order chi connectivity index (χ1) is 12.6. The van der Waals surface area contributed by atoms with E-state index in [-0.39, 0.29) is 18.6 Å². The van der Waals surface area contributed by atoms with Crippen LogP contribution in [0.1, 0.15) is 35.3 Å². The van der Waals surface area contributed by atoms with Crippen LogP contribution in [0.5, 0.6) is 5.75 Å². The molecule has 1 aliphatic rings. The Morgan fingerprint density at radius 3 is 2.54 bits per heavy atom. The highest BCUT2D eigenvalue weighted by atomic mass is 16.5. The Hall–Kier alpha value is -2.73. The van der Waals surface area contributed by atoms with E-state index in [1.807, 2.05) is 37.3 Å². The summed E-state index contributed by atoms with van der Waals surface area (Å²) in [5.41, 5.74) is 1.18. The van der Waals surface area contributed by atoms with Gasteiger partial charge in [-0.25, -0.2) is 0 Å². The molecule has 3 rings (SSSR count). The largest absolute Gasteiger partial charge is 0.475 e. The topological polar surface area (TPSA) is 71.5 Å². The van der Waals surface area contributed by atoms with E-state index in [0.29, 0.717) is 11.3 Å². The minimum Gasteiger partial charge on any atom is -0.475 e. The molecular formula is C20H23N3O3. The molecule has 1 atom stereocenters. The number of benzene rings is 1. The van der Waals surface area contributed by atoms with Crippen LogP contribution in [0.2, 0.25) is 0 Å². The summed E-state index contributed by atoms with van der Waals surface area (Å²) in [4.78, 5) is 30.8. The molecule has 0 spiro atoms. The van der Waals surface area contributed by atoms with E-state index < -0.39 is 5.91 Å². The lowest BCUT2D eigenvalue weighted by atomic mass is 10.2. The van der Waals surface area contributed by atoms with Gasteiger partial charge in [0.05, 0.1) is 12.0 Å². The van der Waals surface area contributed by atoms with Crippen molar-refractivity contribution in [2.45, 2.75) is 32.4 Å². The van der Waals surface area contributed by atoms with Gasteiger partial charge in [0, 0.05) is 25.0 Å². The number of aryl methyl sites for hydroxylation is 1. The Labute approximate surface area is 153 Å². The van der Waals surface area contributed by atoms with Crippen LogP contribution in [0.3, 0.4) is 0 Å².